The Bertz CT molecular complexity index is 179. The maximum Gasteiger partial charge on any atom is 0.168 e. The highest BCUT2D eigenvalue weighted by atomic mass is 32.1. The summed E-state index contributed by atoms with van der Waals surface area (Å²) in [6.07, 6.45) is 2.27. The normalized spacial score (nSPS) is 13.9. The van der Waals surface area contributed by atoms with E-state index < -0.39 is 0 Å². The molecule has 1 unspecified atom stereocenters. The molecule has 62 valence electrons. The standard InChI is InChI=1S/C6H10N2OS2/c1-5(10)3-6(4-9)8(11)7-2/h3-5,10-11H,2H2,1H3/b6-3-. The molecular formula is C6H10N2OS2. The van der Waals surface area contributed by atoms with Crippen molar-refractivity contribution >= 4 is 38.4 Å². The first-order valence-corrected chi connectivity index (χ1v) is 3.84. The lowest BCUT2D eigenvalue weighted by Crippen LogP contribution is -2.06. The van der Waals surface area contributed by atoms with Crippen LogP contribution in [0.2, 0.25) is 0 Å². The Morgan fingerprint density at radius 1 is 1.82 bits per heavy atom. The van der Waals surface area contributed by atoms with Crippen molar-refractivity contribution in [2.75, 3.05) is 0 Å². The lowest BCUT2D eigenvalue weighted by atomic mass is 10.3. The van der Waals surface area contributed by atoms with Crippen molar-refractivity contribution in [1.82, 2.24) is 4.41 Å². The first-order chi connectivity index (χ1) is 5.11. The van der Waals surface area contributed by atoms with Gasteiger partial charge in [-0.3, -0.25) is 4.79 Å². The second-order valence-corrected chi connectivity index (χ2v) is 3.07. The molecule has 0 aromatic heterocycles. The maximum atomic E-state index is 10.4. The summed E-state index contributed by atoms with van der Waals surface area (Å²) in [5, 5.41) is 3.42. The molecule has 0 amide bonds. The molecule has 0 rings (SSSR count). The summed E-state index contributed by atoms with van der Waals surface area (Å²) in [6.45, 7) is 5.04. The number of hydrazone groups is 1. The van der Waals surface area contributed by atoms with Gasteiger partial charge in [0.15, 0.2) is 6.29 Å². The number of rotatable bonds is 4. The molecule has 0 aromatic carbocycles. The zero-order chi connectivity index (χ0) is 8.85. The topological polar surface area (TPSA) is 32.7 Å². The van der Waals surface area contributed by atoms with E-state index in [9.17, 15) is 4.79 Å². The van der Waals surface area contributed by atoms with Gasteiger partial charge in [0.05, 0.1) is 0 Å². The van der Waals surface area contributed by atoms with Gasteiger partial charge in [-0.25, -0.2) is 4.41 Å². The lowest BCUT2D eigenvalue weighted by Gasteiger charge is -2.09. The zero-order valence-electron chi connectivity index (χ0n) is 6.14. The van der Waals surface area contributed by atoms with Gasteiger partial charge < -0.3 is 0 Å². The second kappa shape index (κ2) is 5.26. The molecule has 11 heavy (non-hydrogen) atoms. The molecule has 0 N–H and O–H groups in total. The highest BCUT2D eigenvalue weighted by Crippen LogP contribution is 2.07. The number of aldehydes is 1. The quantitative estimate of drug-likeness (QED) is 0.229. The van der Waals surface area contributed by atoms with E-state index in [0.717, 1.165) is 4.41 Å². The van der Waals surface area contributed by atoms with E-state index in [1.165, 1.54) is 0 Å². The summed E-state index contributed by atoms with van der Waals surface area (Å²) in [5.41, 5.74) is 0.339. The van der Waals surface area contributed by atoms with Gasteiger partial charge in [-0.2, -0.15) is 17.7 Å². The largest absolute Gasteiger partial charge is 0.296 e. The molecule has 0 aliphatic rings. The first kappa shape index (κ1) is 10.6. The van der Waals surface area contributed by atoms with Crippen LogP contribution in [0.25, 0.3) is 0 Å². The summed E-state index contributed by atoms with van der Waals surface area (Å²) in [6, 6.07) is 0. The van der Waals surface area contributed by atoms with Crippen molar-refractivity contribution in [2.45, 2.75) is 12.2 Å². The lowest BCUT2D eigenvalue weighted by molar-refractivity contribution is -0.105. The summed E-state index contributed by atoms with van der Waals surface area (Å²) >= 11 is 7.92. The number of nitrogens with zero attached hydrogens (tertiary/aromatic N) is 2. The summed E-state index contributed by atoms with van der Waals surface area (Å²) < 4.78 is 1.10. The molecule has 0 fully saturated rings. The van der Waals surface area contributed by atoms with E-state index in [0.29, 0.717) is 12.0 Å². The first-order valence-electron chi connectivity index (χ1n) is 2.92. The van der Waals surface area contributed by atoms with Gasteiger partial charge in [-0.05, 0) is 25.8 Å². The van der Waals surface area contributed by atoms with Crippen LogP contribution < -0.4 is 0 Å². The average molecular weight is 190 g/mol. The number of hydrogen-bond acceptors (Lipinski definition) is 5. The minimum Gasteiger partial charge on any atom is -0.296 e. The van der Waals surface area contributed by atoms with Gasteiger partial charge in [0.1, 0.15) is 5.70 Å². The minimum atomic E-state index is -0.00778. The SMILES string of the molecule is C=NN(S)/C(C=O)=C\C(C)S. The molecule has 0 saturated heterocycles. The van der Waals surface area contributed by atoms with Gasteiger partial charge in [-0.1, -0.05) is 0 Å². The van der Waals surface area contributed by atoms with E-state index in [1.807, 2.05) is 6.92 Å². The summed E-state index contributed by atoms with van der Waals surface area (Å²) in [4.78, 5) is 10.4. The molecule has 0 bridgehead atoms. The van der Waals surface area contributed by atoms with Crippen LogP contribution >= 0.6 is 25.4 Å². The predicted molar refractivity (Wildman–Crippen MR) is 53.0 cm³/mol. The molecule has 5 heteroatoms. The van der Waals surface area contributed by atoms with Gasteiger partial charge in [0, 0.05) is 12.0 Å². The Balaban J connectivity index is 4.38. The van der Waals surface area contributed by atoms with E-state index >= 15 is 0 Å². The van der Waals surface area contributed by atoms with Crippen molar-refractivity contribution in [2.24, 2.45) is 5.10 Å². The summed E-state index contributed by atoms with van der Waals surface area (Å²) in [5.74, 6) is 0. The monoisotopic (exact) mass is 190 g/mol. The Kier molecular flexibility index (Phi) is 5.06. The van der Waals surface area contributed by atoms with Crippen LogP contribution in [0.3, 0.4) is 0 Å². The molecule has 0 spiro atoms. The van der Waals surface area contributed by atoms with Crippen LogP contribution in [0.15, 0.2) is 16.9 Å². The Morgan fingerprint density at radius 2 is 2.36 bits per heavy atom. The third-order valence-electron chi connectivity index (χ3n) is 0.898. The number of carbonyl (C=O) groups is 1. The highest BCUT2D eigenvalue weighted by Gasteiger charge is 2.01. The highest BCUT2D eigenvalue weighted by molar-refractivity contribution is 7.81. The fraction of sp³-hybridized carbons (Fsp3) is 0.333. The fourth-order valence-electron chi connectivity index (χ4n) is 0.482. The Hall–Kier alpha value is -0.420. The van der Waals surface area contributed by atoms with Gasteiger partial charge >= 0.3 is 0 Å². The number of allylic oxidation sites excluding steroid dienone is 1. The summed E-state index contributed by atoms with van der Waals surface area (Å²) in [7, 11) is 0. The molecule has 0 saturated carbocycles. The van der Waals surface area contributed by atoms with Crippen LogP contribution in [0.1, 0.15) is 6.92 Å². The molecule has 0 radical (unpaired) electrons. The van der Waals surface area contributed by atoms with Crippen LogP contribution in [-0.4, -0.2) is 22.7 Å². The van der Waals surface area contributed by atoms with Crippen molar-refractivity contribution < 1.29 is 4.79 Å². The third-order valence-corrected chi connectivity index (χ3v) is 1.40. The molecule has 0 heterocycles. The van der Waals surface area contributed by atoms with E-state index in [4.69, 9.17) is 0 Å². The van der Waals surface area contributed by atoms with E-state index in [1.54, 1.807) is 6.08 Å². The van der Waals surface area contributed by atoms with Gasteiger partial charge in [0.25, 0.3) is 0 Å². The predicted octanol–water partition coefficient (Wildman–Crippen LogP) is 1.15. The molecule has 3 nitrogen and oxygen atoms in total. The van der Waals surface area contributed by atoms with E-state index in [-0.39, 0.29) is 5.25 Å². The number of hydrogen-bond donors (Lipinski definition) is 2. The number of thiol groups is 2. The van der Waals surface area contributed by atoms with Crippen molar-refractivity contribution in [3.05, 3.63) is 11.8 Å². The Labute approximate surface area is 77.1 Å². The van der Waals surface area contributed by atoms with Gasteiger partial charge in [0.2, 0.25) is 0 Å². The molecule has 1 atom stereocenters. The van der Waals surface area contributed by atoms with Crippen molar-refractivity contribution in [1.29, 1.82) is 0 Å². The van der Waals surface area contributed by atoms with Crippen LogP contribution in [0.4, 0.5) is 0 Å². The van der Waals surface area contributed by atoms with Crippen molar-refractivity contribution in [3.8, 4) is 0 Å². The third kappa shape index (κ3) is 4.10. The zero-order valence-corrected chi connectivity index (χ0v) is 7.93. The van der Waals surface area contributed by atoms with E-state index in [2.05, 4.69) is 37.3 Å². The molecular weight excluding hydrogens is 180 g/mol. The number of carbonyl (C=O) groups excluding carboxylic acids is 1. The maximum absolute atomic E-state index is 10.4. The fourth-order valence-corrected chi connectivity index (χ4v) is 0.748. The second-order valence-electron chi connectivity index (χ2n) is 1.88. The minimum absolute atomic E-state index is 0.00778. The average Bonchev–Trinajstić information content (AvgIpc) is 1.98. The van der Waals surface area contributed by atoms with Crippen molar-refractivity contribution in [3.63, 3.8) is 0 Å². The van der Waals surface area contributed by atoms with Gasteiger partial charge in [-0.15, -0.1) is 0 Å². The van der Waals surface area contributed by atoms with Crippen LogP contribution in [-0.2, 0) is 4.79 Å². The molecule has 0 aliphatic carbocycles. The van der Waals surface area contributed by atoms with Crippen LogP contribution in [0.5, 0.6) is 0 Å². The smallest absolute Gasteiger partial charge is 0.168 e. The molecule has 0 aromatic rings. The van der Waals surface area contributed by atoms with Crippen LogP contribution in [0, 0.1) is 0 Å². The molecule has 0 aliphatic heterocycles. The Morgan fingerprint density at radius 3 is 2.64 bits per heavy atom.